The molecular formula is C26H20. The van der Waals surface area contributed by atoms with Crippen molar-refractivity contribution in [3.05, 3.63) is 131 Å². The highest BCUT2D eigenvalue weighted by Crippen LogP contribution is 2.55. The lowest BCUT2D eigenvalue weighted by Gasteiger charge is -2.34. The molecule has 0 aromatic heterocycles. The molecular weight excluding hydrogens is 312 g/mol. The van der Waals surface area contributed by atoms with E-state index >= 15 is 0 Å². The first-order valence-electron chi connectivity index (χ1n) is 9.14. The van der Waals surface area contributed by atoms with Crippen LogP contribution in [0.1, 0.15) is 27.8 Å². The third-order valence-corrected chi connectivity index (χ3v) is 5.61. The third-order valence-electron chi connectivity index (χ3n) is 5.61. The van der Waals surface area contributed by atoms with Crippen LogP contribution in [0.4, 0.5) is 0 Å². The van der Waals surface area contributed by atoms with Gasteiger partial charge in [0.2, 0.25) is 0 Å². The number of hydrogen-bond acceptors (Lipinski definition) is 0. The second-order valence-electron chi connectivity index (χ2n) is 7.08. The van der Waals surface area contributed by atoms with Gasteiger partial charge in [-0.05, 0) is 40.3 Å². The summed E-state index contributed by atoms with van der Waals surface area (Å²) in [5, 5.41) is 0. The summed E-state index contributed by atoms with van der Waals surface area (Å²) in [5.41, 5.74) is 9.13. The minimum absolute atomic E-state index is 0.263. The van der Waals surface area contributed by atoms with Crippen LogP contribution in [-0.4, -0.2) is 0 Å². The van der Waals surface area contributed by atoms with Gasteiger partial charge >= 0.3 is 0 Å². The molecule has 0 heteroatoms. The van der Waals surface area contributed by atoms with Crippen molar-refractivity contribution in [2.45, 2.75) is 12.3 Å². The fraction of sp³-hybridized carbons (Fsp3) is 0.0769. The van der Waals surface area contributed by atoms with Gasteiger partial charge in [-0.25, -0.2) is 0 Å². The van der Waals surface area contributed by atoms with Gasteiger partial charge in [0.05, 0.1) is 5.41 Å². The van der Waals surface area contributed by atoms with Crippen LogP contribution >= 0.6 is 0 Å². The van der Waals surface area contributed by atoms with E-state index in [1.54, 1.807) is 0 Å². The Hall–Kier alpha value is -3.12. The molecule has 1 aliphatic rings. The van der Waals surface area contributed by atoms with E-state index in [0.717, 1.165) is 0 Å². The molecule has 1 aliphatic carbocycles. The molecule has 0 saturated heterocycles. The Bertz CT molecular complexity index is 1040. The molecule has 5 rings (SSSR count). The molecule has 0 unspecified atom stereocenters. The monoisotopic (exact) mass is 332 g/mol. The molecule has 0 nitrogen and oxygen atoms in total. The highest BCUT2D eigenvalue weighted by molar-refractivity contribution is 5.86. The maximum Gasteiger partial charge on any atom is 0.0713 e. The number of rotatable bonds is 2. The summed E-state index contributed by atoms with van der Waals surface area (Å²) < 4.78 is 0. The molecule has 26 heavy (non-hydrogen) atoms. The number of aryl methyl sites for hydroxylation is 1. The Labute approximate surface area is 154 Å². The van der Waals surface area contributed by atoms with Gasteiger partial charge in [-0.1, -0.05) is 109 Å². The van der Waals surface area contributed by atoms with E-state index in [1.165, 1.54) is 38.9 Å². The normalized spacial score (nSPS) is 13.9. The van der Waals surface area contributed by atoms with E-state index in [2.05, 4.69) is 110 Å². The van der Waals surface area contributed by atoms with Gasteiger partial charge in [0.25, 0.3) is 0 Å². The van der Waals surface area contributed by atoms with Crippen LogP contribution < -0.4 is 0 Å². The van der Waals surface area contributed by atoms with Crippen molar-refractivity contribution in [3.63, 3.8) is 0 Å². The smallest absolute Gasteiger partial charge is 0.0622 e. The third kappa shape index (κ3) is 1.96. The van der Waals surface area contributed by atoms with Gasteiger partial charge in [0, 0.05) is 0 Å². The van der Waals surface area contributed by atoms with Gasteiger partial charge < -0.3 is 0 Å². The first-order chi connectivity index (χ1) is 12.8. The van der Waals surface area contributed by atoms with Crippen molar-refractivity contribution in [2.24, 2.45) is 0 Å². The van der Waals surface area contributed by atoms with Crippen molar-refractivity contribution in [3.8, 4) is 11.1 Å². The Kier molecular flexibility index (Phi) is 3.33. The van der Waals surface area contributed by atoms with Gasteiger partial charge in [-0.3, -0.25) is 0 Å². The molecule has 0 N–H and O–H groups in total. The van der Waals surface area contributed by atoms with Crippen LogP contribution in [-0.2, 0) is 5.41 Å². The van der Waals surface area contributed by atoms with Crippen LogP contribution in [0.15, 0.2) is 103 Å². The van der Waals surface area contributed by atoms with E-state index < -0.39 is 0 Å². The molecule has 0 bridgehead atoms. The van der Waals surface area contributed by atoms with Gasteiger partial charge in [-0.15, -0.1) is 0 Å². The maximum absolute atomic E-state index is 2.37. The summed E-state index contributed by atoms with van der Waals surface area (Å²) in [4.78, 5) is 0. The largest absolute Gasteiger partial charge is 0.0713 e. The molecule has 0 spiro atoms. The van der Waals surface area contributed by atoms with Crippen LogP contribution in [0.25, 0.3) is 11.1 Å². The Morgan fingerprint density at radius 1 is 0.500 bits per heavy atom. The van der Waals surface area contributed by atoms with E-state index in [9.17, 15) is 0 Å². The molecule has 124 valence electrons. The lowest BCUT2D eigenvalue weighted by atomic mass is 9.67. The summed E-state index contributed by atoms with van der Waals surface area (Å²) in [7, 11) is 0. The Balaban J connectivity index is 1.99. The summed E-state index contributed by atoms with van der Waals surface area (Å²) in [6.45, 7) is 2.18. The SMILES string of the molecule is Cc1ccc2c(c1)C(c1ccccc1)(c1ccccc1)c1ccccc1-2. The topological polar surface area (TPSA) is 0 Å². The zero-order valence-electron chi connectivity index (χ0n) is 14.8. The number of fused-ring (bicyclic) bond motifs is 3. The molecule has 0 saturated carbocycles. The summed E-state index contributed by atoms with van der Waals surface area (Å²) in [5.74, 6) is 0. The van der Waals surface area contributed by atoms with Crippen LogP contribution in [0, 0.1) is 6.92 Å². The fourth-order valence-corrected chi connectivity index (χ4v) is 4.56. The van der Waals surface area contributed by atoms with Crippen molar-refractivity contribution in [1.29, 1.82) is 0 Å². The van der Waals surface area contributed by atoms with E-state index in [4.69, 9.17) is 0 Å². The van der Waals surface area contributed by atoms with Gasteiger partial charge in [-0.2, -0.15) is 0 Å². The molecule has 0 amide bonds. The predicted molar refractivity (Wildman–Crippen MR) is 108 cm³/mol. The summed E-state index contributed by atoms with van der Waals surface area (Å²) >= 11 is 0. The van der Waals surface area contributed by atoms with E-state index in [0.29, 0.717) is 0 Å². The molecule has 0 atom stereocenters. The molecule has 0 heterocycles. The van der Waals surface area contributed by atoms with Crippen molar-refractivity contribution >= 4 is 0 Å². The zero-order valence-corrected chi connectivity index (χ0v) is 14.8. The highest BCUT2D eigenvalue weighted by Gasteiger charge is 2.45. The number of hydrogen-bond donors (Lipinski definition) is 0. The second-order valence-corrected chi connectivity index (χ2v) is 7.08. The van der Waals surface area contributed by atoms with Gasteiger partial charge in [0.15, 0.2) is 0 Å². The molecule has 4 aromatic rings. The van der Waals surface area contributed by atoms with Gasteiger partial charge in [0.1, 0.15) is 0 Å². The predicted octanol–water partition coefficient (Wildman–Crippen LogP) is 6.36. The first kappa shape index (κ1) is 15.2. The quantitative estimate of drug-likeness (QED) is 0.353. The van der Waals surface area contributed by atoms with Crippen LogP contribution in [0.5, 0.6) is 0 Å². The van der Waals surface area contributed by atoms with Crippen LogP contribution in [0.3, 0.4) is 0 Å². The molecule has 0 radical (unpaired) electrons. The molecule has 0 fully saturated rings. The standard InChI is InChI=1S/C26H20/c1-19-16-17-23-22-14-8-9-15-24(22)26(25(23)18-19,20-10-4-2-5-11-20)21-12-6-3-7-13-21/h2-18H,1H3. The van der Waals surface area contributed by atoms with Crippen LogP contribution in [0.2, 0.25) is 0 Å². The lowest BCUT2D eigenvalue weighted by Crippen LogP contribution is -2.28. The fourth-order valence-electron chi connectivity index (χ4n) is 4.56. The summed E-state index contributed by atoms with van der Waals surface area (Å²) in [6.07, 6.45) is 0. The summed E-state index contributed by atoms with van der Waals surface area (Å²) in [6, 6.07) is 37.6. The second kappa shape index (κ2) is 5.71. The minimum atomic E-state index is -0.263. The van der Waals surface area contributed by atoms with Crippen molar-refractivity contribution in [1.82, 2.24) is 0 Å². The average molecular weight is 332 g/mol. The number of benzene rings is 4. The lowest BCUT2D eigenvalue weighted by molar-refractivity contribution is 0.767. The average Bonchev–Trinajstić information content (AvgIpc) is 3.00. The van der Waals surface area contributed by atoms with E-state index in [-0.39, 0.29) is 5.41 Å². The molecule has 0 aliphatic heterocycles. The van der Waals surface area contributed by atoms with Crippen molar-refractivity contribution < 1.29 is 0 Å². The molecule has 4 aromatic carbocycles. The highest BCUT2D eigenvalue weighted by atomic mass is 14.5. The minimum Gasteiger partial charge on any atom is -0.0622 e. The zero-order chi connectivity index (χ0) is 17.6. The first-order valence-corrected chi connectivity index (χ1v) is 9.14. The van der Waals surface area contributed by atoms with E-state index in [1.807, 2.05) is 0 Å². The Morgan fingerprint density at radius 3 is 1.69 bits per heavy atom. The Morgan fingerprint density at radius 2 is 1.04 bits per heavy atom. The maximum atomic E-state index is 2.37. The van der Waals surface area contributed by atoms with Crippen molar-refractivity contribution in [2.75, 3.05) is 0 Å².